The number of benzene rings is 1. The average molecular weight is 494 g/mol. The van der Waals surface area contributed by atoms with Gasteiger partial charge in [-0.1, -0.05) is 69.0 Å². The highest BCUT2D eigenvalue weighted by Crippen LogP contribution is 2.58. The second-order valence-corrected chi connectivity index (χ2v) is 11.3. The highest BCUT2D eigenvalue weighted by molar-refractivity contribution is 5.89. The third-order valence-corrected chi connectivity index (χ3v) is 8.43. The molecule has 0 bridgehead atoms. The molecule has 0 radical (unpaired) electrons. The highest BCUT2D eigenvalue weighted by atomic mass is 16.5. The number of aliphatic hydroxyl groups is 2. The van der Waals surface area contributed by atoms with Gasteiger partial charge in [0.2, 0.25) is 5.91 Å². The molecule has 1 saturated heterocycles. The summed E-state index contributed by atoms with van der Waals surface area (Å²) in [5, 5.41) is 25.8. The van der Waals surface area contributed by atoms with Crippen molar-refractivity contribution in [2.45, 2.75) is 70.8 Å². The predicted octanol–water partition coefficient (Wildman–Crippen LogP) is 3.74. The van der Waals surface area contributed by atoms with Crippen LogP contribution in [0, 0.1) is 29.1 Å². The molecule has 0 unspecified atom stereocenters. The van der Waals surface area contributed by atoms with E-state index in [9.17, 15) is 19.8 Å². The lowest BCUT2D eigenvalue weighted by atomic mass is 9.51. The Labute approximate surface area is 214 Å². The van der Waals surface area contributed by atoms with E-state index in [4.69, 9.17) is 4.74 Å². The number of nitrogens with one attached hydrogen (secondary N) is 1. The maximum Gasteiger partial charge on any atom is 0.303 e. The molecule has 1 spiro atoms. The van der Waals surface area contributed by atoms with Gasteiger partial charge in [-0.3, -0.25) is 9.59 Å². The summed E-state index contributed by atoms with van der Waals surface area (Å²) in [6, 6.07) is 9.73. The van der Waals surface area contributed by atoms with Gasteiger partial charge in [-0.05, 0) is 55.2 Å². The van der Waals surface area contributed by atoms with Crippen molar-refractivity contribution in [2.24, 2.45) is 29.1 Å². The summed E-state index contributed by atoms with van der Waals surface area (Å²) in [7, 11) is 0. The third-order valence-electron chi connectivity index (χ3n) is 8.43. The molecule has 1 heterocycles. The molecule has 1 aromatic rings. The molecule has 2 aliphatic carbocycles. The van der Waals surface area contributed by atoms with Gasteiger partial charge in [0.15, 0.2) is 0 Å². The number of aliphatic hydroxyl groups excluding tert-OH is 1. The van der Waals surface area contributed by atoms with Crippen LogP contribution in [0.2, 0.25) is 0 Å². The first-order valence-corrected chi connectivity index (χ1v) is 12.9. The summed E-state index contributed by atoms with van der Waals surface area (Å²) in [5.74, 6) is -1.75. The van der Waals surface area contributed by atoms with Crippen molar-refractivity contribution in [3.8, 4) is 0 Å². The lowest BCUT2D eigenvalue weighted by Gasteiger charge is -2.52. The Morgan fingerprint density at radius 2 is 1.92 bits per heavy atom. The molecule has 1 amide bonds. The second kappa shape index (κ2) is 9.98. The van der Waals surface area contributed by atoms with Crippen LogP contribution in [0.3, 0.4) is 0 Å². The second-order valence-electron chi connectivity index (χ2n) is 11.3. The summed E-state index contributed by atoms with van der Waals surface area (Å²) in [5.41, 5.74) is -0.635. The van der Waals surface area contributed by atoms with Gasteiger partial charge in [-0.2, -0.15) is 0 Å². The normalized spacial score (nSPS) is 42.3. The van der Waals surface area contributed by atoms with Crippen LogP contribution in [0.15, 0.2) is 66.8 Å². The van der Waals surface area contributed by atoms with Gasteiger partial charge >= 0.3 is 5.97 Å². The van der Waals surface area contributed by atoms with E-state index in [0.29, 0.717) is 24.8 Å². The van der Waals surface area contributed by atoms with Crippen LogP contribution in [0.25, 0.3) is 0 Å². The van der Waals surface area contributed by atoms with Crippen LogP contribution < -0.4 is 5.32 Å². The van der Waals surface area contributed by atoms with E-state index in [1.807, 2.05) is 49.4 Å². The zero-order valence-electron chi connectivity index (χ0n) is 21.7. The van der Waals surface area contributed by atoms with Crippen LogP contribution >= 0.6 is 0 Å². The van der Waals surface area contributed by atoms with Crippen molar-refractivity contribution in [3.05, 3.63) is 72.4 Å². The Hall–Kier alpha value is -2.70. The Morgan fingerprint density at radius 3 is 2.58 bits per heavy atom. The first-order chi connectivity index (χ1) is 17.0. The van der Waals surface area contributed by atoms with Crippen molar-refractivity contribution >= 4 is 11.9 Å². The SMILES string of the molecule is C=C1[C@@H](C)[C@H]2[C@H](Cc3ccccc3)NC(=O)[C@@]23[C@H](/C=C/C[C@H](C)C[C@@](C)(O)/C=C/[C@H]3OC(C)=O)[C@@H]1O. The van der Waals surface area contributed by atoms with E-state index < -0.39 is 35.1 Å². The van der Waals surface area contributed by atoms with E-state index >= 15 is 0 Å². The Morgan fingerprint density at radius 1 is 1.22 bits per heavy atom. The Balaban J connectivity index is 1.92. The number of ether oxygens (including phenoxy) is 1. The van der Waals surface area contributed by atoms with Crippen molar-refractivity contribution in [3.63, 3.8) is 0 Å². The third kappa shape index (κ3) is 4.69. The molecule has 2 fully saturated rings. The molecule has 6 heteroatoms. The van der Waals surface area contributed by atoms with Crippen molar-refractivity contribution in [1.82, 2.24) is 5.32 Å². The monoisotopic (exact) mass is 493 g/mol. The number of allylic oxidation sites excluding steroid dienone is 1. The van der Waals surface area contributed by atoms with E-state index in [1.165, 1.54) is 6.92 Å². The van der Waals surface area contributed by atoms with Crippen LogP contribution in [-0.2, 0) is 20.7 Å². The number of amides is 1. The number of carbonyl (C=O) groups excluding carboxylic acids is 2. The molecular formula is C30H39NO5. The summed E-state index contributed by atoms with van der Waals surface area (Å²) in [6.07, 6.45) is 7.09. The van der Waals surface area contributed by atoms with Gasteiger partial charge in [-0.25, -0.2) is 0 Å². The molecule has 1 saturated carbocycles. The van der Waals surface area contributed by atoms with Gasteiger partial charge in [0.05, 0.1) is 11.7 Å². The van der Waals surface area contributed by atoms with Gasteiger partial charge in [0.1, 0.15) is 11.5 Å². The fourth-order valence-corrected chi connectivity index (χ4v) is 6.90. The molecule has 6 nitrogen and oxygen atoms in total. The largest absolute Gasteiger partial charge is 0.457 e. The maximum atomic E-state index is 14.2. The van der Waals surface area contributed by atoms with Crippen molar-refractivity contribution < 1.29 is 24.5 Å². The molecule has 4 rings (SSSR count). The molecule has 194 valence electrons. The minimum Gasteiger partial charge on any atom is -0.457 e. The minimum absolute atomic E-state index is 0.170. The van der Waals surface area contributed by atoms with Crippen LogP contribution in [0.1, 0.15) is 46.1 Å². The number of carbonyl (C=O) groups is 2. The summed E-state index contributed by atoms with van der Waals surface area (Å²) < 4.78 is 5.89. The Bertz CT molecular complexity index is 1060. The first-order valence-electron chi connectivity index (χ1n) is 12.9. The van der Waals surface area contributed by atoms with Crippen LogP contribution in [0.4, 0.5) is 0 Å². The lowest BCUT2D eigenvalue weighted by Crippen LogP contribution is -2.60. The smallest absolute Gasteiger partial charge is 0.303 e. The summed E-state index contributed by atoms with van der Waals surface area (Å²) in [4.78, 5) is 26.5. The lowest BCUT2D eigenvalue weighted by molar-refractivity contribution is -0.166. The fraction of sp³-hybridized carbons (Fsp3) is 0.533. The molecule has 1 aliphatic heterocycles. The number of hydrogen-bond acceptors (Lipinski definition) is 5. The number of hydrogen-bond donors (Lipinski definition) is 3. The molecule has 1 aromatic carbocycles. The molecule has 0 aromatic heterocycles. The maximum absolute atomic E-state index is 14.2. The first kappa shape index (κ1) is 26.4. The zero-order chi connectivity index (χ0) is 26.3. The average Bonchev–Trinajstić information content (AvgIpc) is 3.08. The van der Waals surface area contributed by atoms with Crippen LogP contribution in [-0.4, -0.2) is 45.9 Å². The van der Waals surface area contributed by atoms with E-state index in [0.717, 1.165) is 5.56 Å². The standard InChI is InChI=1S/C30H39NO5/c1-18-10-9-13-23-27(33)20(3)19(2)26-24(16-22-11-7-6-8-12-22)31-28(34)30(23,26)25(36-21(4)32)14-15-29(5,35)17-18/h6-9,11-15,18-19,23-27,33,35H,3,10,16-17H2,1-2,4-5H3,(H,31,34)/b13-9+,15-14+/t18-,19+,23+,24-,25+,26-,27+,29-,30+/m0/s1. The fourth-order valence-electron chi connectivity index (χ4n) is 6.90. The van der Waals surface area contributed by atoms with Crippen LogP contribution in [0.5, 0.6) is 0 Å². The van der Waals surface area contributed by atoms with E-state index in [2.05, 4.69) is 18.8 Å². The van der Waals surface area contributed by atoms with E-state index in [-0.39, 0.29) is 29.7 Å². The van der Waals surface area contributed by atoms with Crippen molar-refractivity contribution in [2.75, 3.05) is 0 Å². The molecular weight excluding hydrogens is 454 g/mol. The van der Waals surface area contributed by atoms with Gasteiger partial charge in [-0.15, -0.1) is 0 Å². The van der Waals surface area contributed by atoms with Gasteiger partial charge < -0.3 is 20.3 Å². The van der Waals surface area contributed by atoms with E-state index in [1.54, 1.807) is 19.1 Å². The molecule has 9 atom stereocenters. The van der Waals surface area contributed by atoms with Gasteiger partial charge in [0.25, 0.3) is 0 Å². The van der Waals surface area contributed by atoms with Crippen molar-refractivity contribution in [1.29, 1.82) is 0 Å². The predicted molar refractivity (Wildman–Crippen MR) is 139 cm³/mol. The molecule has 36 heavy (non-hydrogen) atoms. The van der Waals surface area contributed by atoms with Gasteiger partial charge in [0, 0.05) is 24.8 Å². The summed E-state index contributed by atoms with van der Waals surface area (Å²) >= 11 is 0. The Kier molecular flexibility index (Phi) is 7.31. The molecule has 3 aliphatic rings. The topological polar surface area (TPSA) is 95.9 Å². The quantitative estimate of drug-likeness (QED) is 0.440. The number of esters is 1. The zero-order valence-corrected chi connectivity index (χ0v) is 21.7. The molecule has 3 N–H and O–H groups in total. The number of rotatable bonds is 3. The summed E-state index contributed by atoms with van der Waals surface area (Å²) in [6.45, 7) is 11.3. The highest BCUT2D eigenvalue weighted by Gasteiger charge is 2.68. The minimum atomic E-state index is -1.26.